The first-order chi connectivity index (χ1) is 9.15. The maximum absolute atomic E-state index is 12.3. The second-order valence-electron chi connectivity index (χ2n) is 5.11. The third kappa shape index (κ3) is 3.33. The van der Waals surface area contributed by atoms with E-state index in [2.05, 4.69) is 5.32 Å². The highest BCUT2D eigenvalue weighted by atomic mass is 16.5. The maximum Gasteiger partial charge on any atom is 0.244 e. The third-order valence-electron chi connectivity index (χ3n) is 3.68. The minimum Gasteiger partial charge on any atom is -0.377 e. The summed E-state index contributed by atoms with van der Waals surface area (Å²) < 4.78 is 5.41. The van der Waals surface area contributed by atoms with Gasteiger partial charge in [0.2, 0.25) is 5.91 Å². The minimum atomic E-state index is -0.696. The van der Waals surface area contributed by atoms with Gasteiger partial charge in [0.1, 0.15) is 0 Å². The Bertz CT molecular complexity index is 440. The van der Waals surface area contributed by atoms with Gasteiger partial charge in [0.25, 0.3) is 0 Å². The molecule has 0 radical (unpaired) electrons. The van der Waals surface area contributed by atoms with Crippen molar-refractivity contribution in [3.05, 3.63) is 29.8 Å². The summed E-state index contributed by atoms with van der Waals surface area (Å²) in [7, 11) is 0. The normalized spacial score (nSPS) is 17.4. The zero-order valence-corrected chi connectivity index (χ0v) is 11.4. The zero-order chi connectivity index (χ0) is 13.7. The van der Waals surface area contributed by atoms with E-state index in [1.807, 2.05) is 31.2 Å². The van der Waals surface area contributed by atoms with E-state index in [1.165, 1.54) is 0 Å². The van der Waals surface area contributed by atoms with Gasteiger partial charge in [-0.15, -0.1) is 0 Å². The number of benzene rings is 1. The Morgan fingerprint density at radius 3 is 2.74 bits per heavy atom. The summed E-state index contributed by atoms with van der Waals surface area (Å²) in [6.45, 7) is 3.11. The number of hydrogen-bond donors (Lipinski definition) is 2. The number of hydrogen-bond acceptors (Lipinski definition) is 3. The molecule has 0 atom stereocenters. The predicted octanol–water partition coefficient (Wildman–Crippen LogP) is 2.43. The van der Waals surface area contributed by atoms with Gasteiger partial charge in [-0.25, -0.2) is 0 Å². The molecule has 1 aliphatic carbocycles. The molecule has 19 heavy (non-hydrogen) atoms. The van der Waals surface area contributed by atoms with Crippen molar-refractivity contribution in [2.45, 2.75) is 44.8 Å². The number of rotatable bonds is 5. The molecule has 0 aromatic heterocycles. The number of carbonyl (C=O) groups is 1. The van der Waals surface area contributed by atoms with E-state index in [0.717, 1.165) is 36.9 Å². The van der Waals surface area contributed by atoms with Crippen LogP contribution in [0.3, 0.4) is 0 Å². The van der Waals surface area contributed by atoms with Gasteiger partial charge in [-0.1, -0.05) is 31.0 Å². The Balaban J connectivity index is 2.07. The monoisotopic (exact) mass is 262 g/mol. The third-order valence-corrected chi connectivity index (χ3v) is 3.68. The van der Waals surface area contributed by atoms with Crippen LogP contribution in [0.5, 0.6) is 0 Å². The van der Waals surface area contributed by atoms with E-state index in [-0.39, 0.29) is 5.91 Å². The average Bonchev–Trinajstić information content (AvgIpc) is 2.86. The molecule has 3 N–H and O–H groups in total. The van der Waals surface area contributed by atoms with Crippen LogP contribution in [0.4, 0.5) is 5.69 Å². The lowest BCUT2D eigenvalue weighted by Gasteiger charge is -2.23. The predicted molar refractivity (Wildman–Crippen MR) is 75.8 cm³/mol. The van der Waals surface area contributed by atoms with Crippen LogP contribution in [-0.2, 0) is 16.1 Å². The molecule has 0 spiro atoms. The van der Waals surface area contributed by atoms with E-state index in [0.29, 0.717) is 13.2 Å². The second kappa shape index (κ2) is 6.17. The summed E-state index contributed by atoms with van der Waals surface area (Å²) in [6, 6.07) is 7.70. The number of para-hydroxylation sites is 1. The molecule has 0 unspecified atom stereocenters. The number of carbonyl (C=O) groups excluding carboxylic acids is 1. The molecule has 2 rings (SSSR count). The average molecular weight is 262 g/mol. The summed E-state index contributed by atoms with van der Waals surface area (Å²) in [5.41, 5.74) is 7.25. The molecule has 1 aromatic carbocycles. The van der Waals surface area contributed by atoms with Gasteiger partial charge in [-0.3, -0.25) is 4.79 Å². The minimum absolute atomic E-state index is 0.0750. The summed E-state index contributed by atoms with van der Waals surface area (Å²) in [5.74, 6) is -0.0750. The molecule has 4 nitrogen and oxygen atoms in total. The molecule has 1 amide bonds. The Labute approximate surface area is 114 Å². The quantitative estimate of drug-likeness (QED) is 0.856. The van der Waals surface area contributed by atoms with Gasteiger partial charge in [0, 0.05) is 17.9 Å². The van der Waals surface area contributed by atoms with Crippen molar-refractivity contribution in [1.82, 2.24) is 0 Å². The van der Waals surface area contributed by atoms with Crippen LogP contribution in [0, 0.1) is 0 Å². The zero-order valence-electron chi connectivity index (χ0n) is 11.4. The van der Waals surface area contributed by atoms with Crippen LogP contribution in [0.2, 0.25) is 0 Å². The van der Waals surface area contributed by atoms with Crippen LogP contribution >= 0.6 is 0 Å². The standard InChI is InChI=1S/C15H22N2O2/c1-2-19-11-12-7-3-4-8-13(12)17-14(18)15(16)9-5-6-10-15/h3-4,7-8H,2,5-6,9-11,16H2,1H3,(H,17,18). The molecule has 1 fully saturated rings. The van der Waals surface area contributed by atoms with Gasteiger partial charge in [0.15, 0.2) is 0 Å². The van der Waals surface area contributed by atoms with Crippen LogP contribution < -0.4 is 11.1 Å². The molecule has 0 heterocycles. The summed E-state index contributed by atoms with van der Waals surface area (Å²) in [6.07, 6.45) is 3.61. The number of nitrogens with two attached hydrogens (primary N) is 1. The molecule has 0 bridgehead atoms. The van der Waals surface area contributed by atoms with Gasteiger partial charge in [-0.05, 0) is 25.8 Å². The molecular weight excluding hydrogens is 240 g/mol. The lowest BCUT2D eigenvalue weighted by molar-refractivity contribution is -0.121. The topological polar surface area (TPSA) is 64.3 Å². The highest BCUT2D eigenvalue weighted by Gasteiger charge is 2.37. The van der Waals surface area contributed by atoms with Crippen LogP contribution in [0.1, 0.15) is 38.2 Å². The largest absolute Gasteiger partial charge is 0.377 e. The first-order valence-corrected chi connectivity index (χ1v) is 6.92. The molecule has 4 heteroatoms. The number of nitrogens with one attached hydrogen (secondary N) is 1. The fourth-order valence-corrected chi connectivity index (χ4v) is 2.46. The van der Waals surface area contributed by atoms with E-state index in [9.17, 15) is 4.79 Å². The van der Waals surface area contributed by atoms with Gasteiger partial charge in [-0.2, -0.15) is 0 Å². The van der Waals surface area contributed by atoms with Crippen molar-refractivity contribution < 1.29 is 9.53 Å². The highest BCUT2D eigenvalue weighted by Crippen LogP contribution is 2.29. The first-order valence-electron chi connectivity index (χ1n) is 6.92. The lowest BCUT2D eigenvalue weighted by atomic mass is 9.98. The van der Waals surface area contributed by atoms with Gasteiger partial charge >= 0.3 is 0 Å². The van der Waals surface area contributed by atoms with Crippen molar-refractivity contribution in [1.29, 1.82) is 0 Å². The van der Waals surface area contributed by atoms with Crippen molar-refractivity contribution in [2.75, 3.05) is 11.9 Å². The Morgan fingerprint density at radius 2 is 2.05 bits per heavy atom. The SMILES string of the molecule is CCOCc1ccccc1NC(=O)C1(N)CCCC1. The Morgan fingerprint density at radius 1 is 1.37 bits per heavy atom. The number of amides is 1. The summed E-state index contributed by atoms with van der Waals surface area (Å²) in [4.78, 5) is 12.3. The Kier molecular flexibility index (Phi) is 4.56. The summed E-state index contributed by atoms with van der Waals surface area (Å²) >= 11 is 0. The molecule has 1 saturated carbocycles. The summed E-state index contributed by atoms with van der Waals surface area (Å²) in [5, 5.41) is 2.96. The van der Waals surface area contributed by atoms with Crippen molar-refractivity contribution in [2.24, 2.45) is 5.73 Å². The number of anilines is 1. The van der Waals surface area contributed by atoms with Gasteiger partial charge in [0.05, 0.1) is 12.1 Å². The smallest absolute Gasteiger partial charge is 0.244 e. The van der Waals surface area contributed by atoms with Crippen LogP contribution in [0.25, 0.3) is 0 Å². The number of ether oxygens (including phenoxy) is 1. The van der Waals surface area contributed by atoms with E-state index in [4.69, 9.17) is 10.5 Å². The fraction of sp³-hybridized carbons (Fsp3) is 0.533. The highest BCUT2D eigenvalue weighted by molar-refractivity contribution is 5.98. The second-order valence-corrected chi connectivity index (χ2v) is 5.11. The van der Waals surface area contributed by atoms with Crippen LogP contribution in [-0.4, -0.2) is 18.1 Å². The molecule has 104 valence electrons. The molecule has 0 aliphatic heterocycles. The van der Waals surface area contributed by atoms with E-state index >= 15 is 0 Å². The van der Waals surface area contributed by atoms with Crippen molar-refractivity contribution >= 4 is 11.6 Å². The van der Waals surface area contributed by atoms with E-state index in [1.54, 1.807) is 0 Å². The Hall–Kier alpha value is -1.39. The molecule has 1 aromatic rings. The van der Waals surface area contributed by atoms with Crippen LogP contribution in [0.15, 0.2) is 24.3 Å². The molecule has 0 saturated heterocycles. The van der Waals surface area contributed by atoms with Gasteiger partial charge < -0.3 is 15.8 Å². The molecule has 1 aliphatic rings. The van der Waals surface area contributed by atoms with Crippen molar-refractivity contribution in [3.8, 4) is 0 Å². The maximum atomic E-state index is 12.3. The van der Waals surface area contributed by atoms with E-state index < -0.39 is 5.54 Å². The molecular formula is C15H22N2O2. The fourth-order valence-electron chi connectivity index (χ4n) is 2.46. The van der Waals surface area contributed by atoms with Crippen molar-refractivity contribution in [3.63, 3.8) is 0 Å². The first kappa shape index (κ1) is 14.0. The lowest BCUT2D eigenvalue weighted by Crippen LogP contribution is -2.48.